The molecular weight excluding hydrogens is 369 g/mol. The van der Waals surface area contributed by atoms with Gasteiger partial charge in [-0.15, -0.1) is 0 Å². The zero-order valence-electron chi connectivity index (χ0n) is 16.5. The lowest BCUT2D eigenvalue weighted by molar-refractivity contribution is 0.349. The summed E-state index contributed by atoms with van der Waals surface area (Å²) in [5, 5.41) is 0. The summed E-state index contributed by atoms with van der Waals surface area (Å²) in [5.74, 6) is 2.32. The minimum absolute atomic E-state index is 0.253. The number of benzene rings is 3. The van der Waals surface area contributed by atoms with Crippen LogP contribution in [0.15, 0.2) is 78.6 Å². The predicted octanol–water partition coefficient (Wildman–Crippen LogP) is 5.17. The quantitative estimate of drug-likeness (QED) is 0.424. The Balaban J connectivity index is 1.86. The zero-order valence-corrected chi connectivity index (χ0v) is 16.5. The smallest absolute Gasteiger partial charge is 0.164 e. The molecule has 2 N–H and O–H groups in total. The van der Waals surface area contributed by atoms with E-state index in [1.807, 2.05) is 36.4 Å². The van der Waals surface area contributed by atoms with Crippen LogP contribution in [0.25, 0.3) is 0 Å². The molecule has 0 aliphatic heterocycles. The van der Waals surface area contributed by atoms with E-state index < -0.39 is 0 Å². The van der Waals surface area contributed by atoms with E-state index in [-0.39, 0.29) is 5.82 Å². The minimum atomic E-state index is -0.253. The average Bonchev–Trinajstić information content (AvgIpc) is 2.74. The van der Waals surface area contributed by atoms with Crippen molar-refractivity contribution in [2.75, 3.05) is 20.0 Å². The first-order chi connectivity index (χ1) is 14.1. The van der Waals surface area contributed by atoms with E-state index in [1.54, 1.807) is 38.5 Å². The molecule has 0 spiro atoms. The molecule has 0 amide bonds. The Bertz CT molecular complexity index is 984. The van der Waals surface area contributed by atoms with Gasteiger partial charge in [0.05, 0.1) is 14.2 Å². The molecule has 0 aliphatic carbocycles. The van der Waals surface area contributed by atoms with Crippen LogP contribution in [-0.2, 0) is 12.8 Å². The van der Waals surface area contributed by atoms with Gasteiger partial charge in [0.25, 0.3) is 0 Å². The third kappa shape index (κ3) is 5.51. The van der Waals surface area contributed by atoms with Crippen LogP contribution in [0.5, 0.6) is 17.2 Å². The number of hydrogen-bond donors (Lipinski definition) is 1. The number of halogens is 1. The number of methoxy groups -OCH3 is 2. The van der Waals surface area contributed by atoms with Crippen molar-refractivity contribution in [1.29, 1.82) is 0 Å². The first kappa shape index (κ1) is 20.3. The van der Waals surface area contributed by atoms with Crippen molar-refractivity contribution in [2.45, 2.75) is 12.8 Å². The molecule has 3 rings (SSSR count). The number of para-hydroxylation sites is 1. The average molecular weight is 393 g/mol. The highest BCUT2D eigenvalue weighted by Gasteiger charge is 2.10. The Kier molecular flexibility index (Phi) is 6.74. The second kappa shape index (κ2) is 9.64. The van der Waals surface area contributed by atoms with Gasteiger partial charge in [0.1, 0.15) is 17.3 Å². The molecule has 0 bridgehead atoms. The topological polar surface area (TPSA) is 53.7 Å². The molecule has 4 nitrogen and oxygen atoms in total. The number of hydrogen-bond acceptors (Lipinski definition) is 4. The SMILES string of the molecule is COc1ccc(O/C(=C/Cc2ccc(F)cc2)Cc2ccccc2N)cc1OC. The number of nitrogens with two attached hydrogens (primary N) is 1. The van der Waals surface area contributed by atoms with Gasteiger partial charge in [-0.05, 0) is 54.0 Å². The molecule has 0 saturated carbocycles. The maximum atomic E-state index is 13.2. The number of ether oxygens (including phenoxy) is 3. The maximum Gasteiger partial charge on any atom is 0.164 e. The summed E-state index contributed by atoms with van der Waals surface area (Å²) >= 11 is 0. The van der Waals surface area contributed by atoms with Gasteiger partial charge in [0.2, 0.25) is 0 Å². The molecule has 0 atom stereocenters. The second-order valence-corrected chi connectivity index (χ2v) is 6.50. The summed E-state index contributed by atoms with van der Waals surface area (Å²) in [5.41, 5.74) is 8.77. The van der Waals surface area contributed by atoms with E-state index in [0.717, 1.165) is 16.9 Å². The van der Waals surface area contributed by atoms with E-state index in [9.17, 15) is 4.39 Å². The van der Waals surface area contributed by atoms with Crippen LogP contribution in [0.1, 0.15) is 11.1 Å². The van der Waals surface area contributed by atoms with Crippen molar-refractivity contribution < 1.29 is 18.6 Å². The Labute approximate surface area is 170 Å². The summed E-state index contributed by atoms with van der Waals surface area (Å²) in [6.07, 6.45) is 3.12. The van der Waals surface area contributed by atoms with Crippen molar-refractivity contribution in [3.63, 3.8) is 0 Å². The van der Waals surface area contributed by atoms with E-state index in [0.29, 0.717) is 35.8 Å². The van der Waals surface area contributed by atoms with Gasteiger partial charge < -0.3 is 19.9 Å². The van der Waals surface area contributed by atoms with Crippen LogP contribution in [0.3, 0.4) is 0 Å². The number of nitrogen functional groups attached to an aromatic ring is 1. The van der Waals surface area contributed by atoms with Gasteiger partial charge in [-0.25, -0.2) is 4.39 Å². The fourth-order valence-electron chi connectivity index (χ4n) is 2.92. The van der Waals surface area contributed by atoms with Crippen LogP contribution in [-0.4, -0.2) is 14.2 Å². The standard InChI is InChI=1S/C24H24FNO3/c1-27-23-14-13-21(16-24(23)28-2)29-20(15-18-5-3-4-6-22(18)26)12-9-17-7-10-19(25)11-8-17/h3-8,10-14,16H,9,15,26H2,1-2H3/b20-12+. The summed E-state index contributed by atoms with van der Waals surface area (Å²) in [6.45, 7) is 0. The molecule has 0 aromatic heterocycles. The summed E-state index contributed by atoms with van der Waals surface area (Å²) < 4.78 is 30.0. The lowest BCUT2D eigenvalue weighted by Crippen LogP contribution is -2.04. The fraction of sp³-hybridized carbons (Fsp3) is 0.167. The zero-order chi connectivity index (χ0) is 20.6. The molecule has 0 saturated heterocycles. The first-order valence-electron chi connectivity index (χ1n) is 9.25. The highest BCUT2D eigenvalue weighted by atomic mass is 19.1. The van der Waals surface area contributed by atoms with Crippen molar-refractivity contribution in [3.05, 3.63) is 95.5 Å². The largest absolute Gasteiger partial charge is 0.493 e. The third-order valence-electron chi connectivity index (χ3n) is 4.50. The molecule has 0 radical (unpaired) electrons. The van der Waals surface area contributed by atoms with Crippen LogP contribution in [0.4, 0.5) is 10.1 Å². The molecule has 5 heteroatoms. The van der Waals surface area contributed by atoms with Gasteiger partial charge >= 0.3 is 0 Å². The van der Waals surface area contributed by atoms with Gasteiger partial charge in [-0.3, -0.25) is 0 Å². The maximum absolute atomic E-state index is 13.2. The molecule has 0 heterocycles. The minimum Gasteiger partial charge on any atom is -0.493 e. The van der Waals surface area contributed by atoms with E-state index in [1.165, 1.54) is 12.1 Å². The first-order valence-corrected chi connectivity index (χ1v) is 9.25. The van der Waals surface area contributed by atoms with Crippen molar-refractivity contribution >= 4 is 5.69 Å². The predicted molar refractivity (Wildman–Crippen MR) is 113 cm³/mol. The highest BCUT2D eigenvalue weighted by molar-refractivity contribution is 5.49. The molecule has 29 heavy (non-hydrogen) atoms. The molecule has 150 valence electrons. The fourth-order valence-corrected chi connectivity index (χ4v) is 2.92. The van der Waals surface area contributed by atoms with Crippen molar-refractivity contribution in [3.8, 4) is 17.2 Å². The number of allylic oxidation sites excluding steroid dienone is 2. The van der Waals surface area contributed by atoms with Gasteiger partial charge in [-0.1, -0.05) is 30.3 Å². The molecule has 0 fully saturated rings. The highest BCUT2D eigenvalue weighted by Crippen LogP contribution is 2.32. The summed E-state index contributed by atoms with van der Waals surface area (Å²) in [7, 11) is 3.17. The van der Waals surface area contributed by atoms with Gasteiger partial charge in [0.15, 0.2) is 11.5 Å². The van der Waals surface area contributed by atoms with Gasteiger partial charge in [-0.2, -0.15) is 0 Å². The Morgan fingerprint density at radius 3 is 2.34 bits per heavy atom. The van der Waals surface area contributed by atoms with Gasteiger partial charge in [0, 0.05) is 18.2 Å². The number of anilines is 1. The lowest BCUT2D eigenvalue weighted by atomic mass is 10.1. The summed E-state index contributed by atoms with van der Waals surface area (Å²) in [6, 6.07) is 19.5. The number of rotatable bonds is 8. The molecule has 3 aromatic carbocycles. The van der Waals surface area contributed by atoms with Crippen LogP contribution in [0.2, 0.25) is 0 Å². The molecule has 0 unspecified atom stereocenters. The lowest BCUT2D eigenvalue weighted by Gasteiger charge is -2.14. The van der Waals surface area contributed by atoms with Crippen molar-refractivity contribution in [2.24, 2.45) is 0 Å². The Morgan fingerprint density at radius 1 is 0.931 bits per heavy atom. The van der Waals surface area contributed by atoms with Crippen molar-refractivity contribution in [1.82, 2.24) is 0 Å². The van der Waals surface area contributed by atoms with E-state index in [2.05, 4.69) is 0 Å². The second-order valence-electron chi connectivity index (χ2n) is 6.50. The third-order valence-corrected chi connectivity index (χ3v) is 4.50. The van der Waals surface area contributed by atoms with E-state index in [4.69, 9.17) is 19.9 Å². The van der Waals surface area contributed by atoms with Crippen LogP contribution in [0, 0.1) is 5.82 Å². The normalized spacial score (nSPS) is 11.2. The summed E-state index contributed by atoms with van der Waals surface area (Å²) in [4.78, 5) is 0. The van der Waals surface area contributed by atoms with Crippen LogP contribution >= 0.6 is 0 Å². The molecule has 3 aromatic rings. The Morgan fingerprint density at radius 2 is 1.66 bits per heavy atom. The molecular formula is C24H24FNO3. The molecule has 0 aliphatic rings. The van der Waals surface area contributed by atoms with Crippen LogP contribution < -0.4 is 19.9 Å². The van der Waals surface area contributed by atoms with E-state index >= 15 is 0 Å². The monoisotopic (exact) mass is 393 g/mol. The Hall–Kier alpha value is -3.47.